The molecule has 0 saturated carbocycles. The fourth-order valence-electron chi connectivity index (χ4n) is 1.05. The zero-order valence-corrected chi connectivity index (χ0v) is 7.88. The van der Waals surface area contributed by atoms with E-state index in [1.807, 2.05) is 0 Å². The Labute approximate surface area is 75.7 Å². The van der Waals surface area contributed by atoms with Crippen LogP contribution in [0.25, 0.3) is 0 Å². The van der Waals surface area contributed by atoms with E-state index in [1.165, 1.54) is 6.92 Å². The average Bonchev–Trinajstić information content (AvgIpc) is 2.30. The van der Waals surface area contributed by atoms with E-state index in [0.29, 0.717) is 5.69 Å². The van der Waals surface area contributed by atoms with Crippen LogP contribution in [-0.2, 0) is 7.05 Å². The maximum Gasteiger partial charge on any atom is 0.258 e. The molecule has 0 saturated heterocycles. The van der Waals surface area contributed by atoms with Crippen molar-refractivity contribution in [2.24, 2.45) is 7.05 Å². The Balaban J connectivity index is 2.68. The molecule has 1 atom stereocenters. The molecule has 1 aromatic rings. The Morgan fingerprint density at radius 1 is 1.54 bits per heavy atom. The van der Waals surface area contributed by atoms with Crippen molar-refractivity contribution >= 4 is 5.69 Å². The molecule has 74 valence electrons. The monoisotopic (exact) mass is 189 g/mol. The summed E-state index contributed by atoms with van der Waals surface area (Å²) in [6.45, 7) is 3.22. The van der Waals surface area contributed by atoms with Gasteiger partial charge in [0.1, 0.15) is 0 Å². The largest absolute Gasteiger partial charge is 0.374 e. The average molecular weight is 189 g/mol. The molecular formula is C8H13F2N3. The maximum absolute atomic E-state index is 12.2. The van der Waals surface area contributed by atoms with Crippen molar-refractivity contribution in [2.75, 3.05) is 5.32 Å². The summed E-state index contributed by atoms with van der Waals surface area (Å²) in [4.78, 5) is 0. The number of halogens is 2. The third kappa shape index (κ3) is 2.40. The first-order valence-electron chi connectivity index (χ1n) is 4.05. The third-order valence-electron chi connectivity index (χ3n) is 1.77. The molecule has 3 nitrogen and oxygen atoms in total. The van der Waals surface area contributed by atoms with Gasteiger partial charge in [0.05, 0.1) is 17.4 Å². The van der Waals surface area contributed by atoms with Crippen LogP contribution in [0.5, 0.6) is 0 Å². The van der Waals surface area contributed by atoms with Gasteiger partial charge in [0.15, 0.2) is 0 Å². The second-order valence-electron chi connectivity index (χ2n) is 3.07. The van der Waals surface area contributed by atoms with Crippen LogP contribution in [0.3, 0.4) is 0 Å². The highest BCUT2D eigenvalue weighted by atomic mass is 19.3. The molecule has 0 radical (unpaired) electrons. The smallest absolute Gasteiger partial charge is 0.258 e. The highest BCUT2D eigenvalue weighted by molar-refractivity contribution is 5.46. The number of hydrogen-bond donors (Lipinski definition) is 1. The summed E-state index contributed by atoms with van der Waals surface area (Å²) in [5.74, 6) is 0. The molecule has 0 fully saturated rings. The van der Waals surface area contributed by atoms with Crippen LogP contribution in [-0.4, -0.2) is 22.2 Å². The van der Waals surface area contributed by atoms with Gasteiger partial charge >= 0.3 is 0 Å². The van der Waals surface area contributed by atoms with Crippen molar-refractivity contribution in [1.82, 2.24) is 9.78 Å². The van der Waals surface area contributed by atoms with Crippen LogP contribution < -0.4 is 5.32 Å². The SMILES string of the molecule is Cc1nn(C)cc1NC(C)C(F)F. The van der Waals surface area contributed by atoms with Crippen LogP contribution in [0.2, 0.25) is 0 Å². The molecule has 0 aliphatic heterocycles. The van der Waals surface area contributed by atoms with Gasteiger partial charge in [-0.3, -0.25) is 4.68 Å². The summed E-state index contributed by atoms with van der Waals surface area (Å²) in [6.07, 6.45) is -0.673. The zero-order valence-electron chi connectivity index (χ0n) is 7.88. The number of alkyl halides is 2. The number of anilines is 1. The Morgan fingerprint density at radius 3 is 2.54 bits per heavy atom. The van der Waals surface area contributed by atoms with E-state index in [-0.39, 0.29) is 0 Å². The zero-order chi connectivity index (χ0) is 10.0. The molecule has 1 rings (SSSR count). The fraction of sp³-hybridized carbons (Fsp3) is 0.625. The number of aryl methyl sites for hydroxylation is 2. The lowest BCUT2D eigenvalue weighted by atomic mass is 10.3. The van der Waals surface area contributed by atoms with E-state index in [1.54, 1.807) is 24.9 Å². The second kappa shape index (κ2) is 3.72. The van der Waals surface area contributed by atoms with E-state index >= 15 is 0 Å². The first-order valence-corrected chi connectivity index (χ1v) is 4.05. The minimum atomic E-state index is -2.36. The first kappa shape index (κ1) is 9.95. The molecule has 0 aliphatic carbocycles. The van der Waals surface area contributed by atoms with Crippen molar-refractivity contribution in [2.45, 2.75) is 26.3 Å². The Morgan fingerprint density at radius 2 is 2.15 bits per heavy atom. The summed E-state index contributed by atoms with van der Waals surface area (Å²) >= 11 is 0. The molecule has 5 heteroatoms. The van der Waals surface area contributed by atoms with Crippen LogP contribution >= 0.6 is 0 Å². The summed E-state index contributed by atoms with van der Waals surface area (Å²) in [6, 6.07) is -0.845. The quantitative estimate of drug-likeness (QED) is 0.785. The van der Waals surface area contributed by atoms with Gasteiger partial charge < -0.3 is 5.32 Å². The van der Waals surface area contributed by atoms with Crippen molar-refractivity contribution < 1.29 is 8.78 Å². The second-order valence-corrected chi connectivity index (χ2v) is 3.07. The summed E-state index contributed by atoms with van der Waals surface area (Å²) in [5, 5.41) is 6.73. The fourth-order valence-corrected chi connectivity index (χ4v) is 1.05. The minimum Gasteiger partial charge on any atom is -0.374 e. The molecule has 0 spiro atoms. The molecule has 0 bridgehead atoms. The lowest BCUT2D eigenvalue weighted by Gasteiger charge is -2.12. The van der Waals surface area contributed by atoms with Gasteiger partial charge in [-0.2, -0.15) is 5.10 Å². The van der Waals surface area contributed by atoms with E-state index in [0.717, 1.165) is 5.69 Å². The Hall–Kier alpha value is -1.13. The number of hydrogen-bond acceptors (Lipinski definition) is 2. The molecule has 13 heavy (non-hydrogen) atoms. The normalized spacial score (nSPS) is 13.4. The summed E-state index contributed by atoms with van der Waals surface area (Å²) < 4.78 is 25.9. The lowest BCUT2D eigenvalue weighted by molar-refractivity contribution is 0.130. The van der Waals surface area contributed by atoms with Crippen molar-refractivity contribution in [3.8, 4) is 0 Å². The number of nitrogens with zero attached hydrogens (tertiary/aromatic N) is 2. The molecule has 0 amide bonds. The molecule has 1 N–H and O–H groups in total. The van der Waals surface area contributed by atoms with Gasteiger partial charge in [-0.15, -0.1) is 0 Å². The van der Waals surface area contributed by atoms with Crippen LogP contribution in [0.4, 0.5) is 14.5 Å². The standard InChI is InChI=1S/C8H13F2N3/c1-5-7(4-13(3)12-5)11-6(2)8(9)10/h4,6,8,11H,1-3H3. The van der Waals surface area contributed by atoms with Crippen LogP contribution in [0.1, 0.15) is 12.6 Å². The Bertz CT molecular complexity index is 283. The highest BCUT2D eigenvalue weighted by Gasteiger charge is 2.15. The van der Waals surface area contributed by atoms with Gasteiger partial charge in [0, 0.05) is 13.2 Å². The molecule has 0 aromatic carbocycles. The molecular weight excluding hydrogens is 176 g/mol. The van der Waals surface area contributed by atoms with Gasteiger partial charge in [0.25, 0.3) is 6.43 Å². The van der Waals surface area contributed by atoms with Gasteiger partial charge in [-0.05, 0) is 13.8 Å². The van der Waals surface area contributed by atoms with Gasteiger partial charge in [0.2, 0.25) is 0 Å². The molecule has 1 unspecified atom stereocenters. The van der Waals surface area contributed by atoms with Crippen molar-refractivity contribution in [1.29, 1.82) is 0 Å². The topological polar surface area (TPSA) is 29.9 Å². The minimum absolute atomic E-state index is 0.662. The number of rotatable bonds is 3. The van der Waals surface area contributed by atoms with E-state index in [9.17, 15) is 8.78 Å². The summed E-state index contributed by atoms with van der Waals surface area (Å²) in [5.41, 5.74) is 1.39. The maximum atomic E-state index is 12.2. The number of aromatic nitrogens is 2. The highest BCUT2D eigenvalue weighted by Crippen LogP contribution is 2.14. The van der Waals surface area contributed by atoms with Crippen molar-refractivity contribution in [3.63, 3.8) is 0 Å². The molecule has 1 aromatic heterocycles. The Kier molecular flexibility index (Phi) is 2.85. The van der Waals surface area contributed by atoms with Gasteiger partial charge in [-0.25, -0.2) is 8.78 Å². The third-order valence-corrected chi connectivity index (χ3v) is 1.77. The molecule has 1 heterocycles. The molecule has 0 aliphatic rings. The van der Waals surface area contributed by atoms with Crippen molar-refractivity contribution in [3.05, 3.63) is 11.9 Å². The lowest BCUT2D eigenvalue weighted by Crippen LogP contribution is -2.23. The van der Waals surface area contributed by atoms with Gasteiger partial charge in [-0.1, -0.05) is 0 Å². The van der Waals surface area contributed by atoms with Crippen LogP contribution in [0.15, 0.2) is 6.20 Å². The van der Waals surface area contributed by atoms with E-state index in [4.69, 9.17) is 0 Å². The predicted octanol–water partition coefficient (Wildman–Crippen LogP) is 1.79. The summed E-state index contributed by atoms with van der Waals surface area (Å²) in [7, 11) is 1.76. The predicted molar refractivity (Wildman–Crippen MR) is 47.0 cm³/mol. The van der Waals surface area contributed by atoms with E-state index < -0.39 is 12.5 Å². The first-order chi connectivity index (χ1) is 6.00. The number of nitrogens with one attached hydrogen (secondary N) is 1. The van der Waals surface area contributed by atoms with E-state index in [2.05, 4.69) is 10.4 Å². The van der Waals surface area contributed by atoms with Crippen LogP contribution in [0, 0.1) is 6.92 Å².